The molecule has 1 heterocycles. The lowest BCUT2D eigenvalue weighted by Gasteiger charge is -2.37. The molecule has 0 amide bonds. The molecule has 0 saturated heterocycles. The van der Waals surface area contributed by atoms with E-state index in [1.807, 2.05) is 12.1 Å². The minimum absolute atomic E-state index is 0.353. The molecule has 14 heavy (non-hydrogen) atoms. The summed E-state index contributed by atoms with van der Waals surface area (Å²) in [6, 6.07) is 3.84. The monoisotopic (exact) mass is 230 g/mol. The first-order valence-corrected chi connectivity index (χ1v) is 6.30. The van der Waals surface area contributed by atoms with E-state index in [4.69, 9.17) is 11.6 Å². The summed E-state index contributed by atoms with van der Waals surface area (Å²) in [5.41, 5.74) is -0.615. The van der Waals surface area contributed by atoms with Gasteiger partial charge in [0.15, 0.2) is 0 Å². The molecule has 1 aliphatic carbocycles. The second-order valence-corrected chi connectivity index (χ2v) is 5.89. The van der Waals surface area contributed by atoms with E-state index in [1.165, 1.54) is 17.8 Å². The Morgan fingerprint density at radius 1 is 1.50 bits per heavy atom. The van der Waals surface area contributed by atoms with Gasteiger partial charge in [-0.25, -0.2) is 0 Å². The van der Waals surface area contributed by atoms with Crippen molar-refractivity contribution in [2.24, 2.45) is 5.92 Å². The molecule has 78 valence electrons. The van der Waals surface area contributed by atoms with Crippen molar-refractivity contribution in [1.82, 2.24) is 0 Å². The highest BCUT2D eigenvalue weighted by molar-refractivity contribution is 7.16. The van der Waals surface area contributed by atoms with Crippen LogP contribution in [0.2, 0.25) is 4.34 Å². The van der Waals surface area contributed by atoms with E-state index in [2.05, 4.69) is 6.92 Å². The van der Waals surface area contributed by atoms with E-state index in [0.717, 1.165) is 28.5 Å². The fraction of sp³-hybridized carbons (Fsp3) is 0.636. The molecule has 1 aliphatic rings. The fourth-order valence-electron chi connectivity index (χ4n) is 2.24. The second kappa shape index (κ2) is 3.84. The summed E-state index contributed by atoms with van der Waals surface area (Å²) in [7, 11) is 0. The molecule has 1 nitrogen and oxygen atoms in total. The summed E-state index contributed by atoms with van der Waals surface area (Å²) in [4.78, 5) is 1.04. The molecule has 0 radical (unpaired) electrons. The lowest BCUT2D eigenvalue weighted by Crippen LogP contribution is -2.35. The number of rotatable bonds is 1. The van der Waals surface area contributed by atoms with E-state index in [0.29, 0.717) is 5.92 Å². The summed E-state index contributed by atoms with van der Waals surface area (Å²) in [6.45, 7) is 2.13. The van der Waals surface area contributed by atoms with Crippen LogP contribution in [0.4, 0.5) is 0 Å². The molecule has 2 rings (SSSR count). The van der Waals surface area contributed by atoms with Gasteiger partial charge < -0.3 is 5.11 Å². The van der Waals surface area contributed by atoms with Crippen molar-refractivity contribution in [3.05, 3.63) is 21.3 Å². The molecule has 1 saturated carbocycles. The van der Waals surface area contributed by atoms with Crippen molar-refractivity contribution >= 4 is 22.9 Å². The lowest BCUT2D eigenvalue weighted by molar-refractivity contribution is -0.0437. The lowest BCUT2D eigenvalue weighted by atomic mass is 9.75. The first-order valence-electron chi connectivity index (χ1n) is 5.11. The van der Waals surface area contributed by atoms with Gasteiger partial charge in [0.05, 0.1) is 4.34 Å². The van der Waals surface area contributed by atoms with Gasteiger partial charge in [-0.3, -0.25) is 0 Å². The van der Waals surface area contributed by atoms with Crippen LogP contribution in [0.25, 0.3) is 0 Å². The van der Waals surface area contributed by atoms with Crippen molar-refractivity contribution in [2.45, 2.75) is 38.2 Å². The maximum atomic E-state index is 10.6. The van der Waals surface area contributed by atoms with Crippen LogP contribution in [0.15, 0.2) is 12.1 Å². The Morgan fingerprint density at radius 3 is 2.86 bits per heavy atom. The van der Waals surface area contributed by atoms with E-state index >= 15 is 0 Å². The maximum absolute atomic E-state index is 10.6. The zero-order valence-electron chi connectivity index (χ0n) is 8.29. The zero-order valence-corrected chi connectivity index (χ0v) is 9.87. The van der Waals surface area contributed by atoms with Gasteiger partial charge in [-0.05, 0) is 30.9 Å². The smallest absolute Gasteiger partial charge is 0.101 e. The third kappa shape index (κ3) is 1.71. The molecule has 1 aromatic rings. The van der Waals surface area contributed by atoms with E-state index in [-0.39, 0.29) is 0 Å². The van der Waals surface area contributed by atoms with Gasteiger partial charge in [0, 0.05) is 4.88 Å². The van der Waals surface area contributed by atoms with Gasteiger partial charge in [0.1, 0.15) is 5.60 Å². The third-order valence-corrected chi connectivity index (χ3v) is 4.66. The highest BCUT2D eigenvalue weighted by atomic mass is 35.5. The molecule has 1 N–H and O–H groups in total. The Kier molecular flexibility index (Phi) is 2.87. The molecular formula is C11H15ClOS. The molecule has 2 atom stereocenters. The molecule has 1 aromatic heterocycles. The standard InChI is InChI=1S/C11H15ClOS/c1-8-4-2-3-7-11(8,13)9-5-6-10(12)14-9/h5-6,8,13H,2-4,7H2,1H3. The second-order valence-electron chi connectivity index (χ2n) is 4.17. The highest BCUT2D eigenvalue weighted by Gasteiger charge is 2.38. The van der Waals surface area contributed by atoms with Crippen LogP contribution in [-0.2, 0) is 5.60 Å². The quantitative estimate of drug-likeness (QED) is 0.778. The van der Waals surface area contributed by atoms with Crippen LogP contribution in [0.1, 0.15) is 37.5 Å². The van der Waals surface area contributed by atoms with Crippen LogP contribution in [0, 0.1) is 5.92 Å². The van der Waals surface area contributed by atoms with Gasteiger partial charge in [-0.1, -0.05) is 31.4 Å². The van der Waals surface area contributed by atoms with Gasteiger partial charge in [-0.2, -0.15) is 0 Å². The summed E-state index contributed by atoms with van der Waals surface area (Å²) in [6.07, 6.45) is 4.36. The van der Waals surface area contributed by atoms with E-state index < -0.39 is 5.60 Å². The van der Waals surface area contributed by atoms with Crippen molar-refractivity contribution in [1.29, 1.82) is 0 Å². The van der Waals surface area contributed by atoms with Crippen molar-refractivity contribution < 1.29 is 5.11 Å². The molecule has 2 unspecified atom stereocenters. The highest BCUT2D eigenvalue weighted by Crippen LogP contribution is 2.44. The third-order valence-electron chi connectivity index (χ3n) is 3.26. The molecule has 3 heteroatoms. The molecule has 0 aliphatic heterocycles. The Bertz CT molecular complexity index is 323. The Labute approximate surface area is 93.7 Å². The maximum Gasteiger partial charge on any atom is 0.101 e. The van der Waals surface area contributed by atoms with Crippen molar-refractivity contribution in [2.75, 3.05) is 0 Å². The average molecular weight is 231 g/mol. The van der Waals surface area contributed by atoms with Gasteiger partial charge in [-0.15, -0.1) is 11.3 Å². The van der Waals surface area contributed by atoms with Gasteiger partial charge in [0.25, 0.3) is 0 Å². The number of thiophene rings is 1. The predicted molar refractivity (Wildman–Crippen MR) is 60.9 cm³/mol. The van der Waals surface area contributed by atoms with E-state index in [1.54, 1.807) is 0 Å². The molecule has 0 spiro atoms. The number of hydrogen-bond donors (Lipinski definition) is 1. The topological polar surface area (TPSA) is 20.2 Å². The summed E-state index contributed by atoms with van der Waals surface area (Å²) in [5, 5.41) is 10.6. The largest absolute Gasteiger partial charge is 0.384 e. The summed E-state index contributed by atoms with van der Waals surface area (Å²) >= 11 is 7.41. The van der Waals surface area contributed by atoms with Crippen LogP contribution >= 0.6 is 22.9 Å². The summed E-state index contributed by atoms with van der Waals surface area (Å²) in [5.74, 6) is 0.353. The normalized spacial score (nSPS) is 33.2. The van der Waals surface area contributed by atoms with Gasteiger partial charge in [0.2, 0.25) is 0 Å². The van der Waals surface area contributed by atoms with Gasteiger partial charge >= 0.3 is 0 Å². The van der Waals surface area contributed by atoms with Crippen LogP contribution in [-0.4, -0.2) is 5.11 Å². The Hall–Kier alpha value is -0.0500. The molecule has 0 bridgehead atoms. The van der Waals surface area contributed by atoms with Crippen molar-refractivity contribution in [3.8, 4) is 0 Å². The zero-order chi connectivity index (χ0) is 10.2. The minimum Gasteiger partial charge on any atom is -0.384 e. The van der Waals surface area contributed by atoms with E-state index in [9.17, 15) is 5.11 Å². The molecule has 0 aromatic carbocycles. The molecule has 1 fully saturated rings. The van der Waals surface area contributed by atoms with Crippen LogP contribution in [0.5, 0.6) is 0 Å². The summed E-state index contributed by atoms with van der Waals surface area (Å²) < 4.78 is 0.770. The fourth-order valence-corrected chi connectivity index (χ4v) is 3.52. The van der Waals surface area contributed by atoms with Crippen molar-refractivity contribution in [3.63, 3.8) is 0 Å². The number of hydrogen-bond acceptors (Lipinski definition) is 2. The number of aliphatic hydroxyl groups is 1. The van der Waals surface area contributed by atoms with Crippen LogP contribution < -0.4 is 0 Å². The number of halogens is 1. The first kappa shape index (κ1) is 10.5. The minimum atomic E-state index is -0.615. The first-order chi connectivity index (χ1) is 6.63. The average Bonchev–Trinajstić information content (AvgIpc) is 2.58. The predicted octanol–water partition coefficient (Wildman–Crippen LogP) is 3.80. The Balaban J connectivity index is 2.29. The SMILES string of the molecule is CC1CCCCC1(O)c1ccc(Cl)s1. The molecular weight excluding hydrogens is 216 g/mol. The Morgan fingerprint density at radius 2 is 2.29 bits per heavy atom. The van der Waals surface area contributed by atoms with Crippen LogP contribution in [0.3, 0.4) is 0 Å².